The lowest BCUT2D eigenvalue weighted by Crippen LogP contribution is -2.14. The standard InChI is InChI=1S/C22H21NO5/c1-4-27-22(25)21-14(2)16-7-5-6-8-17(16)23-18(21)13-28-20-11-15(12-24)9-10-19(20)26-3/h5-12H,4,13H2,1-3H3. The van der Waals surface area contributed by atoms with Crippen molar-refractivity contribution in [2.75, 3.05) is 13.7 Å². The molecule has 3 aromatic rings. The molecule has 2 aromatic carbocycles. The highest BCUT2D eigenvalue weighted by Crippen LogP contribution is 2.30. The predicted octanol–water partition coefficient (Wildman–Crippen LogP) is 4.12. The first-order valence-electron chi connectivity index (χ1n) is 8.90. The molecule has 0 unspecified atom stereocenters. The van der Waals surface area contributed by atoms with Crippen molar-refractivity contribution in [3.63, 3.8) is 0 Å². The fraction of sp³-hybridized carbons (Fsp3) is 0.227. The van der Waals surface area contributed by atoms with Crippen molar-refractivity contribution >= 4 is 23.2 Å². The van der Waals surface area contributed by atoms with E-state index in [2.05, 4.69) is 4.98 Å². The zero-order valence-corrected chi connectivity index (χ0v) is 16.0. The van der Waals surface area contributed by atoms with Crippen LogP contribution in [0.15, 0.2) is 42.5 Å². The number of fused-ring (bicyclic) bond motifs is 1. The minimum atomic E-state index is -0.439. The summed E-state index contributed by atoms with van der Waals surface area (Å²) >= 11 is 0. The van der Waals surface area contributed by atoms with E-state index >= 15 is 0 Å². The first kappa shape index (κ1) is 19.4. The summed E-state index contributed by atoms with van der Waals surface area (Å²) in [5, 5.41) is 0.884. The summed E-state index contributed by atoms with van der Waals surface area (Å²) < 4.78 is 16.4. The average Bonchev–Trinajstić information content (AvgIpc) is 2.72. The van der Waals surface area contributed by atoms with Gasteiger partial charge in [0.15, 0.2) is 11.5 Å². The van der Waals surface area contributed by atoms with Crippen LogP contribution in [0.5, 0.6) is 11.5 Å². The van der Waals surface area contributed by atoms with Crippen LogP contribution in [0.4, 0.5) is 0 Å². The molecule has 0 amide bonds. The summed E-state index contributed by atoms with van der Waals surface area (Å²) in [4.78, 5) is 28.3. The van der Waals surface area contributed by atoms with E-state index in [0.717, 1.165) is 22.8 Å². The lowest BCUT2D eigenvalue weighted by Gasteiger charge is -2.15. The number of hydrogen-bond donors (Lipinski definition) is 0. The van der Waals surface area contributed by atoms with Gasteiger partial charge in [0.1, 0.15) is 12.9 Å². The lowest BCUT2D eigenvalue weighted by atomic mass is 10.0. The van der Waals surface area contributed by atoms with Crippen molar-refractivity contribution in [2.45, 2.75) is 20.5 Å². The molecule has 1 aromatic heterocycles. The Morgan fingerprint density at radius 2 is 1.93 bits per heavy atom. The topological polar surface area (TPSA) is 74.7 Å². The van der Waals surface area contributed by atoms with E-state index in [9.17, 15) is 9.59 Å². The zero-order valence-electron chi connectivity index (χ0n) is 16.0. The molecule has 0 aliphatic rings. The summed E-state index contributed by atoms with van der Waals surface area (Å²) in [7, 11) is 1.52. The van der Waals surface area contributed by atoms with Crippen LogP contribution in [0.1, 0.15) is 38.9 Å². The van der Waals surface area contributed by atoms with Gasteiger partial charge in [0.25, 0.3) is 0 Å². The maximum Gasteiger partial charge on any atom is 0.340 e. The van der Waals surface area contributed by atoms with E-state index in [4.69, 9.17) is 14.2 Å². The number of carbonyl (C=O) groups is 2. The summed E-state index contributed by atoms with van der Waals surface area (Å²) in [6, 6.07) is 12.5. The number of carbonyl (C=O) groups excluding carboxylic acids is 2. The molecule has 0 aliphatic heterocycles. The van der Waals surface area contributed by atoms with Crippen LogP contribution in [0.25, 0.3) is 10.9 Å². The molecule has 0 atom stereocenters. The number of para-hydroxylation sites is 1. The smallest absolute Gasteiger partial charge is 0.340 e. The van der Waals surface area contributed by atoms with E-state index in [0.29, 0.717) is 28.3 Å². The van der Waals surface area contributed by atoms with Gasteiger partial charge in [-0.15, -0.1) is 0 Å². The molecule has 0 fully saturated rings. The van der Waals surface area contributed by atoms with Crippen LogP contribution in [0.2, 0.25) is 0 Å². The van der Waals surface area contributed by atoms with Gasteiger partial charge in [-0.05, 0) is 43.7 Å². The molecule has 0 bridgehead atoms. The summed E-state index contributed by atoms with van der Waals surface area (Å²) in [5.74, 6) is 0.445. The van der Waals surface area contributed by atoms with Crippen LogP contribution in [-0.2, 0) is 11.3 Å². The van der Waals surface area contributed by atoms with Crippen LogP contribution in [0, 0.1) is 6.92 Å². The number of rotatable bonds is 7. The van der Waals surface area contributed by atoms with Crippen molar-refractivity contribution < 1.29 is 23.8 Å². The van der Waals surface area contributed by atoms with Crippen molar-refractivity contribution in [1.29, 1.82) is 0 Å². The van der Waals surface area contributed by atoms with Crippen molar-refractivity contribution in [2.24, 2.45) is 0 Å². The van der Waals surface area contributed by atoms with Crippen LogP contribution >= 0.6 is 0 Å². The molecule has 0 saturated heterocycles. The second-order valence-electron chi connectivity index (χ2n) is 6.11. The molecule has 1 heterocycles. The molecule has 0 spiro atoms. The number of pyridine rings is 1. The maximum atomic E-state index is 12.6. The van der Waals surface area contributed by atoms with Gasteiger partial charge in [-0.2, -0.15) is 0 Å². The number of aryl methyl sites for hydroxylation is 1. The number of nitrogens with zero attached hydrogens (tertiary/aromatic N) is 1. The summed E-state index contributed by atoms with van der Waals surface area (Å²) in [6.45, 7) is 3.92. The number of esters is 1. The normalized spacial score (nSPS) is 10.5. The number of benzene rings is 2. The van der Waals surface area contributed by atoms with Gasteiger partial charge in [0.05, 0.1) is 30.5 Å². The maximum absolute atomic E-state index is 12.6. The Morgan fingerprint density at radius 3 is 2.64 bits per heavy atom. The van der Waals surface area contributed by atoms with Crippen molar-refractivity contribution in [3.05, 3.63) is 64.8 Å². The zero-order chi connectivity index (χ0) is 20.1. The summed E-state index contributed by atoms with van der Waals surface area (Å²) in [6.07, 6.45) is 0.731. The predicted molar refractivity (Wildman–Crippen MR) is 105 cm³/mol. The van der Waals surface area contributed by atoms with Crippen LogP contribution < -0.4 is 9.47 Å². The SMILES string of the molecule is CCOC(=O)c1c(COc2cc(C=O)ccc2OC)nc2ccccc2c1C. The summed E-state index contributed by atoms with van der Waals surface area (Å²) in [5.41, 5.74) is 2.87. The first-order valence-corrected chi connectivity index (χ1v) is 8.90. The third-order valence-corrected chi connectivity index (χ3v) is 4.39. The number of ether oxygens (including phenoxy) is 3. The second-order valence-corrected chi connectivity index (χ2v) is 6.11. The van der Waals surface area contributed by atoms with Gasteiger partial charge in [0.2, 0.25) is 0 Å². The molecule has 0 saturated carbocycles. The molecule has 144 valence electrons. The number of methoxy groups -OCH3 is 1. The Labute approximate surface area is 163 Å². The van der Waals surface area contributed by atoms with Gasteiger partial charge in [-0.25, -0.2) is 9.78 Å². The van der Waals surface area contributed by atoms with E-state index in [1.807, 2.05) is 31.2 Å². The van der Waals surface area contributed by atoms with Gasteiger partial charge in [0, 0.05) is 10.9 Å². The fourth-order valence-electron chi connectivity index (χ4n) is 3.04. The van der Waals surface area contributed by atoms with Gasteiger partial charge in [-0.1, -0.05) is 18.2 Å². The molecule has 0 aliphatic carbocycles. The Morgan fingerprint density at radius 1 is 1.14 bits per heavy atom. The molecular weight excluding hydrogens is 358 g/mol. The van der Waals surface area contributed by atoms with Gasteiger partial charge < -0.3 is 14.2 Å². The number of hydrogen-bond acceptors (Lipinski definition) is 6. The lowest BCUT2D eigenvalue weighted by molar-refractivity contribution is 0.0522. The Kier molecular flexibility index (Phi) is 5.89. The van der Waals surface area contributed by atoms with E-state index in [1.165, 1.54) is 7.11 Å². The molecule has 6 heteroatoms. The highest BCUT2D eigenvalue weighted by atomic mass is 16.5. The fourth-order valence-corrected chi connectivity index (χ4v) is 3.04. The largest absolute Gasteiger partial charge is 0.493 e. The second kappa shape index (κ2) is 8.52. The van der Waals surface area contributed by atoms with Crippen molar-refractivity contribution in [1.82, 2.24) is 4.98 Å². The monoisotopic (exact) mass is 379 g/mol. The highest BCUT2D eigenvalue weighted by Gasteiger charge is 2.20. The van der Waals surface area contributed by atoms with Crippen LogP contribution in [-0.4, -0.2) is 31.0 Å². The molecule has 0 radical (unpaired) electrons. The number of aldehydes is 1. The van der Waals surface area contributed by atoms with E-state index in [-0.39, 0.29) is 13.2 Å². The first-order chi connectivity index (χ1) is 13.6. The third-order valence-electron chi connectivity index (χ3n) is 4.39. The minimum Gasteiger partial charge on any atom is -0.493 e. The Hall–Kier alpha value is -3.41. The molecule has 3 rings (SSSR count). The Bertz CT molecular complexity index is 1030. The van der Waals surface area contributed by atoms with Gasteiger partial charge in [-0.3, -0.25) is 4.79 Å². The minimum absolute atomic E-state index is 0.0263. The van der Waals surface area contributed by atoms with E-state index < -0.39 is 5.97 Å². The number of aromatic nitrogens is 1. The van der Waals surface area contributed by atoms with Gasteiger partial charge >= 0.3 is 5.97 Å². The van der Waals surface area contributed by atoms with E-state index in [1.54, 1.807) is 25.1 Å². The van der Waals surface area contributed by atoms with Crippen LogP contribution in [0.3, 0.4) is 0 Å². The molecule has 28 heavy (non-hydrogen) atoms. The molecule has 0 N–H and O–H groups in total. The quantitative estimate of drug-likeness (QED) is 0.454. The highest BCUT2D eigenvalue weighted by molar-refractivity contribution is 5.98. The Balaban J connectivity index is 2.04. The molecule has 6 nitrogen and oxygen atoms in total. The third kappa shape index (κ3) is 3.81. The average molecular weight is 379 g/mol. The molecular formula is C22H21NO5. The van der Waals surface area contributed by atoms with Crippen molar-refractivity contribution in [3.8, 4) is 11.5 Å².